The van der Waals surface area contributed by atoms with Crippen molar-refractivity contribution in [1.29, 1.82) is 0 Å². The van der Waals surface area contributed by atoms with Gasteiger partial charge in [0.1, 0.15) is 18.1 Å². The minimum atomic E-state index is -1.40. The number of nitrogens with zero attached hydrogens (tertiary/aromatic N) is 1. The molecule has 1 rings (SSSR count). The minimum Gasteiger partial charge on any atom is -0.480 e. The maximum Gasteiger partial charge on any atom is 0.326 e. The van der Waals surface area contributed by atoms with E-state index in [2.05, 4.69) is 25.9 Å². The quantitative estimate of drug-likeness (QED) is 0.199. The van der Waals surface area contributed by atoms with Crippen molar-refractivity contribution in [1.82, 2.24) is 25.9 Å². The number of aromatic amines is 1. The highest BCUT2D eigenvalue weighted by molar-refractivity contribution is 5.94. The number of amides is 3. The molecular formula is C19H32N6O6. The van der Waals surface area contributed by atoms with Gasteiger partial charge in [-0.15, -0.1) is 0 Å². The van der Waals surface area contributed by atoms with Gasteiger partial charge in [-0.2, -0.15) is 0 Å². The van der Waals surface area contributed by atoms with Crippen molar-refractivity contribution in [3.63, 3.8) is 0 Å². The van der Waals surface area contributed by atoms with E-state index < -0.39 is 54.0 Å². The predicted octanol–water partition coefficient (Wildman–Crippen LogP) is -1.73. The number of carbonyl (C=O) groups is 4. The third-order valence-electron chi connectivity index (χ3n) is 4.47. The molecule has 31 heavy (non-hydrogen) atoms. The maximum absolute atomic E-state index is 12.5. The Bertz CT molecular complexity index is 751. The summed E-state index contributed by atoms with van der Waals surface area (Å²) in [7, 11) is 0. The molecule has 174 valence electrons. The first kappa shape index (κ1) is 26.0. The van der Waals surface area contributed by atoms with Crippen molar-refractivity contribution in [2.45, 2.75) is 70.8 Å². The van der Waals surface area contributed by atoms with E-state index in [-0.39, 0.29) is 18.8 Å². The molecule has 12 heteroatoms. The molecule has 5 unspecified atom stereocenters. The van der Waals surface area contributed by atoms with Crippen LogP contribution in [0.25, 0.3) is 0 Å². The number of nitrogens with one attached hydrogen (secondary N) is 4. The number of aliphatic hydroxyl groups excluding tert-OH is 1. The van der Waals surface area contributed by atoms with Crippen molar-refractivity contribution in [3.8, 4) is 0 Å². The van der Waals surface area contributed by atoms with Gasteiger partial charge < -0.3 is 36.9 Å². The third kappa shape index (κ3) is 8.72. The fourth-order valence-corrected chi connectivity index (χ4v) is 2.75. The zero-order valence-electron chi connectivity index (χ0n) is 18.1. The van der Waals surface area contributed by atoms with E-state index >= 15 is 0 Å². The Morgan fingerprint density at radius 1 is 1.06 bits per heavy atom. The van der Waals surface area contributed by atoms with Crippen LogP contribution in [0.2, 0.25) is 0 Å². The van der Waals surface area contributed by atoms with Gasteiger partial charge in [-0.1, -0.05) is 13.8 Å². The Balaban J connectivity index is 2.69. The number of imidazole rings is 1. The lowest BCUT2D eigenvalue weighted by Crippen LogP contribution is -2.59. The second-order valence-corrected chi connectivity index (χ2v) is 7.87. The molecule has 0 aliphatic heterocycles. The summed E-state index contributed by atoms with van der Waals surface area (Å²) in [5.74, 6) is -3.38. The van der Waals surface area contributed by atoms with E-state index in [9.17, 15) is 29.4 Å². The minimum absolute atomic E-state index is 0.00203. The van der Waals surface area contributed by atoms with Crippen LogP contribution in [0.3, 0.4) is 0 Å². The molecule has 0 aliphatic carbocycles. The van der Waals surface area contributed by atoms with Gasteiger partial charge in [0.25, 0.3) is 0 Å². The molecular weight excluding hydrogens is 408 g/mol. The molecule has 0 saturated heterocycles. The van der Waals surface area contributed by atoms with Crippen LogP contribution < -0.4 is 21.7 Å². The number of H-pyrrole nitrogens is 1. The summed E-state index contributed by atoms with van der Waals surface area (Å²) in [6.07, 6.45) is 2.04. The van der Waals surface area contributed by atoms with Gasteiger partial charge in [0.05, 0.1) is 18.5 Å². The zero-order valence-corrected chi connectivity index (χ0v) is 18.1. The molecule has 0 bridgehead atoms. The Morgan fingerprint density at radius 3 is 2.19 bits per heavy atom. The first-order chi connectivity index (χ1) is 14.4. The number of hydrogen-bond donors (Lipinski definition) is 7. The number of carbonyl (C=O) groups excluding carboxylic acids is 3. The summed E-state index contributed by atoms with van der Waals surface area (Å²) in [6, 6.07) is -4.55. The van der Waals surface area contributed by atoms with Gasteiger partial charge in [0.15, 0.2) is 0 Å². The molecule has 8 N–H and O–H groups in total. The molecule has 3 amide bonds. The molecule has 0 aromatic carbocycles. The number of aliphatic hydroxyl groups is 1. The molecule has 12 nitrogen and oxygen atoms in total. The normalized spacial score (nSPS) is 16.0. The average molecular weight is 441 g/mol. The van der Waals surface area contributed by atoms with Gasteiger partial charge in [-0.3, -0.25) is 14.4 Å². The van der Waals surface area contributed by atoms with Crippen LogP contribution in [-0.4, -0.2) is 74.1 Å². The van der Waals surface area contributed by atoms with E-state index in [0.717, 1.165) is 0 Å². The Morgan fingerprint density at radius 2 is 1.71 bits per heavy atom. The van der Waals surface area contributed by atoms with Gasteiger partial charge in [-0.25, -0.2) is 9.78 Å². The van der Waals surface area contributed by atoms with Crippen molar-refractivity contribution >= 4 is 23.7 Å². The van der Waals surface area contributed by atoms with Crippen molar-refractivity contribution < 1.29 is 29.4 Å². The highest BCUT2D eigenvalue weighted by Gasteiger charge is 2.31. The fraction of sp³-hybridized carbons (Fsp3) is 0.632. The van der Waals surface area contributed by atoms with Crippen molar-refractivity contribution in [3.05, 3.63) is 18.2 Å². The number of aromatic nitrogens is 2. The highest BCUT2D eigenvalue weighted by Crippen LogP contribution is 2.06. The lowest BCUT2D eigenvalue weighted by Gasteiger charge is -2.25. The molecule has 0 aliphatic rings. The second-order valence-electron chi connectivity index (χ2n) is 7.87. The third-order valence-corrected chi connectivity index (χ3v) is 4.47. The number of carboxylic acids is 1. The first-order valence-corrected chi connectivity index (χ1v) is 9.97. The Hall–Kier alpha value is -2.99. The molecule has 0 fully saturated rings. The number of aliphatic carboxylic acids is 1. The van der Waals surface area contributed by atoms with Gasteiger partial charge in [0.2, 0.25) is 17.7 Å². The largest absolute Gasteiger partial charge is 0.480 e. The summed E-state index contributed by atoms with van der Waals surface area (Å²) in [5.41, 5.74) is 6.48. The molecule has 0 spiro atoms. The standard InChI is InChI=1S/C19H32N6O6/c1-9(2)5-14(19(30)31)24-18(29)15(11(4)26)25-16(27)10(3)23-17(28)13(20)6-12-7-21-8-22-12/h7-11,13-15,26H,5-6,20H2,1-4H3,(H,21,22)(H,23,28)(H,24,29)(H,25,27)(H,30,31). The molecule has 1 aromatic heterocycles. The average Bonchev–Trinajstić information content (AvgIpc) is 3.17. The zero-order chi connectivity index (χ0) is 23.7. The monoisotopic (exact) mass is 440 g/mol. The van der Waals surface area contributed by atoms with E-state index in [1.165, 1.54) is 26.4 Å². The number of carboxylic acid groups (broad SMARTS) is 1. The topological polar surface area (TPSA) is 200 Å². The van der Waals surface area contributed by atoms with E-state index in [4.69, 9.17) is 5.73 Å². The fourth-order valence-electron chi connectivity index (χ4n) is 2.75. The van der Waals surface area contributed by atoms with Crippen LogP contribution in [0.4, 0.5) is 0 Å². The first-order valence-electron chi connectivity index (χ1n) is 9.97. The summed E-state index contributed by atoms with van der Waals surface area (Å²) in [4.78, 5) is 55.2. The van der Waals surface area contributed by atoms with Crippen LogP contribution in [0.5, 0.6) is 0 Å². The van der Waals surface area contributed by atoms with Crippen LogP contribution in [0.1, 0.15) is 39.8 Å². The van der Waals surface area contributed by atoms with E-state index in [1.807, 2.05) is 0 Å². The van der Waals surface area contributed by atoms with Crippen LogP contribution in [0, 0.1) is 5.92 Å². The lowest BCUT2D eigenvalue weighted by atomic mass is 10.0. The molecule has 5 atom stereocenters. The SMILES string of the molecule is CC(C)CC(NC(=O)C(NC(=O)C(C)NC(=O)C(N)Cc1cnc[nH]1)C(C)O)C(=O)O. The number of hydrogen-bond acceptors (Lipinski definition) is 7. The molecule has 0 saturated carbocycles. The van der Waals surface area contributed by atoms with Gasteiger partial charge in [0, 0.05) is 18.3 Å². The summed E-state index contributed by atoms with van der Waals surface area (Å²) < 4.78 is 0. The van der Waals surface area contributed by atoms with Gasteiger partial charge in [-0.05, 0) is 26.2 Å². The Labute approximate surface area is 180 Å². The van der Waals surface area contributed by atoms with Crippen LogP contribution >= 0.6 is 0 Å². The maximum atomic E-state index is 12.5. The molecule has 1 heterocycles. The van der Waals surface area contributed by atoms with E-state index in [0.29, 0.717) is 5.69 Å². The van der Waals surface area contributed by atoms with Crippen molar-refractivity contribution in [2.75, 3.05) is 0 Å². The van der Waals surface area contributed by atoms with Crippen LogP contribution in [-0.2, 0) is 25.6 Å². The second kappa shape index (κ2) is 12.0. The highest BCUT2D eigenvalue weighted by atomic mass is 16.4. The van der Waals surface area contributed by atoms with Crippen LogP contribution in [0.15, 0.2) is 12.5 Å². The summed E-state index contributed by atoms with van der Waals surface area (Å²) >= 11 is 0. The lowest BCUT2D eigenvalue weighted by molar-refractivity contribution is -0.143. The molecule has 1 aromatic rings. The number of rotatable bonds is 12. The Kier molecular flexibility index (Phi) is 10.1. The van der Waals surface area contributed by atoms with E-state index in [1.54, 1.807) is 13.8 Å². The van der Waals surface area contributed by atoms with Gasteiger partial charge >= 0.3 is 5.97 Å². The van der Waals surface area contributed by atoms with Crippen molar-refractivity contribution in [2.24, 2.45) is 11.7 Å². The summed E-state index contributed by atoms with van der Waals surface area (Å²) in [6.45, 7) is 6.28. The smallest absolute Gasteiger partial charge is 0.326 e. The predicted molar refractivity (Wildman–Crippen MR) is 111 cm³/mol. The molecule has 0 radical (unpaired) electrons. The summed E-state index contributed by atoms with van der Waals surface area (Å²) in [5, 5.41) is 26.3. The number of nitrogens with two attached hydrogens (primary N) is 1.